The first-order valence-electron chi connectivity index (χ1n) is 14.7. The Hall–Kier alpha value is -3.56. The lowest BCUT2D eigenvalue weighted by atomic mass is 10.0. The van der Waals surface area contributed by atoms with Crippen LogP contribution in [0.1, 0.15) is 30.5 Å². The van der Waals surface area contributed by atoms with E-state index in [1.807, 2.05) is 57.2 Å². The number of carbonyl (C=O) groups is 2. The summed E-state index contributed by atoms with van der Waals surface area (Å²) in [5, 5.41) is 4.08. The maximum absolute atomic E-state index is 14.6. The quantitative estimate of drug-likeness (QED) is 0.156. The minimum Gasteiger partial charge on any atom is -0.354 e. The lowest BCUT2D eigenvalue weighted by Crippen LogP contribution is -2.53. The molecule has 0 saturated carbocycles. The molecule has 46 heavy (non-hydrogen) atoms. The number of amides is 2. The van der Waals surface area contributed by atoms with Gasteiger partial charge in [-0.15, -0.1) is 0 Å². The van der Waals surface area contributed by atoms with Crippen molar-refractivity contribution in [1.29, 1.82) is 0 Å². The molecule has 2 amide bonds. The minimum atomic E-state index is -4.25. The van der Waals surface area contributed by atoms with Crippen LogP contribution in [0.4, 0.5) is 5.69 Å². The molecule has 0 aromatic heterocycles. The lowest BCUT2D eigenvalue weighted by molar-refractivity contribution is -0.140. The van der Waals surface area contributed by atoms with Crippen molar-refractivity contribution in [2.45, 2.75) is 44.7 Å². The zero-order valence-corrected chi connectivity index (χ0v) is 28.9. The van der Waals surface area contributed by atoms with Gasteiger partial charge in [-0.2, -0.15) is 0 Å². The third-order valence-corrected chi connectivity index (χ3v) is 9.91. The van der Waals surface area contributed by atoms with Crippen molar-refractivity contribution in [1.82, 2.24) is 10.2 Å². The van der Waals surface area contributed by atoms with E-state index in [1.165, 1.54) is 29.2 Å². The van der Waals surface area contributed by atoms with E-state index in [-0.39, 0.29) is 29.7 Å². The van der Waals surface area contributed by atoms with Crippen LogP contribution in [0.25, 0.3) is 0 Å². The van der Waals surface area contributed by atoms with Crippen LogP contribution in [0, 0.1) is 12.8 Å². The van der Waals surface area contributed by atoms with Gasteiger partial charge >= 0.3 is 0 Å². The third kappa shape index (κ3) is 9.26. The zero-order valence-electron chi connectivity index (χ0n) is 25.8. The summed E-state index contributed by atoms with van der Waals surface area (Å²) >= 11 is 18.8. The van der Waals surface area contributed by atoms with Gasteiger partial charge in [0.15, 0.2) is 0 Å². The van der Waals surface area contributed by atoms with E-state index in [0.29, 0.717) is 32.9 Å². The molecule has 0 aliphatic rings. The van der Waals surface area contributed by atoms with Crippen LogP contribution in [-0.2, 0) is 32.6 Å². The first-order valence-corrected chi connectivity index (χ1v) is 17.3. The molecule has 1 atom stereocenters. The molecule has 242 valence electrons. The lowest BCUT2D eigenvalue weighted by Gasteiger charge is -2.34. The third-order valence-electron chi connectivity index (χ3n) is 7.28. The molecule has 0 saturated heterocycles. The maximum atomic E-state index is 14.6. The fourth-order valence-corrected chi connectivity index (χ4v) is 6.86. The number of hydrogen-bond donors (Lipinski definition) is 1. The maximum Gasteiger partial charge on any atom is 0.264 e. The fraction of sp³-hybridized carbons (Fsp3) is 0.257. The van der Waals surface area contributed by atoms with Gasteiger partial charge in [0.05, 0.1) is 10.6 Å². The molecule has 4 rings (SSSR count). The molecule has 0 fully saturated rings. The second-order valence-corrected chi connectivity index (χ2v) is 14.5. The Kier molecular flexibility index (Phi) is 12.1. The van der Waals surface area contributed by atoms with E-state index < -0.39 is 28.5 Å². The van der Waals surface area contributed by atoms with Crippen LogP contribution in [-0.4, -0.2) is 44.3 Å². The number of benzene rings is 4. The van der Waals surface area contributed by atoms with Crippen molar-refractivity contribution in [3.05, 3.63) is 129 Å². The number of carbonyl (C=O) groups excluding carboxylic acids is 2. The Labute approximate surface area is 286 Å². The second-order valence-electron chi connectivity index (χ2n) is 11.4. The van der Waals surface area contributed by atoms with E-state index >= 15 is 0 Å². The average molecular weight is 701 g/mol. The van der Waals surface area contributed by atoms with Gasteiger partial charge in [0.2, 0.25) is 11.8 Å². The summed E-state index contributed by atoms with van der Waals surface area (Å²) in [6.45, 7) is 5.54. The number of aryl methyl sites for hydroxylation is 1. The molecule has 1 N–H and O–H groups in total. The predicted octanol–water partition coefficient (Wildman–Crippen LogP) is 7.56. The Balaban J connectivity index is 1.82. The second kappa shape index (κ2) is 15.8. The van der Waals surface area contributed by atoms with Gasteiger partial charge in [-0.25, -0.2) is 8.42 Å². The molecule has 0 radical (unpaired) electrons. The normalized spacial score (nSPS) is 12.1. The Morgan fingerprint density at radius 2 is 1.50 bits per heavy atom. The Morgan fingerprint density at radius 3 is 2.13 bits per heavy atom. The highest BCUT2D eigenvalue weighted by Crippen LogP contribution is 2.28. The van der Waals surface area contributed by atoms with Crippen LogP contribution in [0.3, 0.4) is 0 Å². The summed E-state index contributed by atoms with van der Waals surface area (Å²) in [7, 11) is -4.25. The van der Waals surface area contributed by atoms with Crippen molar-refractivity contribution in [2.75, 3.05) is 17.4 Å². The summed E-state index contributed by atoms with van der Waals surface area (Å²) in [6, 6.07) is 25.9. The monoisotopic (exact) mass is 699 g/mol. The molecule has 0 heterocycles. The van der Waals surface area contributed by atoms with E-state index in [0.717, 1.165) is 15.4 Å². The minimum absolute atomic E-state index is 0.0333. The molecule has 11 heteroatoms. The molecule has 0 spiro atoms. The van der Waals surface area contributed by atoms with Crippen LogP contribution in [0.15, 0.2) is 102 Å². The Bertz CT molecular complexity index is 1770. The van der Waals surface area contributed by atoms with Crippen molar-refractivity contribution < 1.29 is 18.0 Å². The molecule has 0 aliphatic heterocycles. The summed E-state index contributed by atoms with van der Waals surface area (Å²) in [5.41, 5.74) is 2.49. The number of anilines is 1. The van der Waals surface area contributed by atoms with Gasteiger partial charge in [0.25, 0.3) is 10.0 Å². The summed E-state index contributed by atoms with van der Waals surface area (Å²) < 4.78 is 29.3. The molecular weight excluding hydrogens is 665 g/mol. The van der Waals surface area contributed by atoms with Crippen LogP contribution in [0.5, 0.6) is 0 Å². The highest BCUT2D eigenvalue weighted by Gasteiger charge is 2.35. The summed E-state index contributed by atoms with van der Waals surface area (Å²) in [6.07, 6.45) is 0.191. The molecule has 0 aliphatic carbocycles. The fourth-order valence-electron chi connectivity index (χ4n) is 4.86. The molecule has 7 nitrogen and oxygen atoms in total. The first-order chi connectivity index (χ1) is 21.8. The van der Waals surface area contributed by atoms with Crippen molar-refractivity contribution in [3.8, 4) is 0 Å². The number of nitrogens with zero attached hydrogens (tertiary/aromatic N) is 2. The van der Waals surface area contributed by atoms with E-state index in [4.69, 9.17) is 34.8 Å². The van der Waals surface area contributed by atoms with Gasteiger partial charge in [-0.3, -0.25) is 13.9 Å². The molecular formula is C35H36Cl3N3O4S. The van der Waals surface area contributed by atoms with Gasteiger partial charge in [-0.05, 0) is 78.1 Å². The van der Waals surface area contributed by atoms with Crippen LogP contribution >= 0.6 is 34.8 Å². The largest absolute Gasteiger partial charge is 0.354 e. The highest BCUT2D eigenvalue weighted by atomic mass is 35.5. The summed E-state index contributed by atoms with van der Waals surface area (Å²) in [5.74, 6) is -0.790. The van der Waals surface area contributed by atoms with E-state index in [1.54, 1.807) is 36.4 Å². The standard InChI is InChI=1S/C35H36Cl3N3O4S/c1-24(2)21-39-35(43)33(19-26-9-5-4-6-10-26)40(22-27-12-13-29(37)20-32(27)38)34(42)23-41(30-11-7-8-25(3)18-30)46(44,45)31-16-14-28(36)15-17-31/h4-18,20,24,33H,19,21-23H2,1-3H3,(H,39,43). The van der Waals surface area contributed by atoms with E-state index in [2.05, 4.69) is 5.32 Å². The van der Waals surface area contributed by atoms with Crippen LogP contribution in [0.2, 0.25) is 15.1 Å². The first kappa shape index (κ1) is 35.3. The van der Waals surface area contributed by atoms with Gasteiger partial charge in [-0.1, -0.05) is 97.2 Å². The predicted molar refractivity (Wildman–Crippen MR) is 186 cm³/mol. The molecule has 0 bridgehead atoms. The summed E-state index contributed by atoms with van der Waals surface area (Å²) in [4.78, 5) is 29.8. The SMILES string of the molecule is Cc1cccc(N(CC(=O)N(Cc2ccc(Cl)cc2Cl)C(Cc2ccccc2)C(=O)NCC(C)C)S(=O)(=O)c2ccc(Cl)cc2)c1. The Morgan fingerprint density at radius 1 is 0.826 bits per heavy atom. The number of sulfonamides is 1. The smallest absolute Gasteiger partial charge is 0.264 e. The molecule has 4 aromatic rings. The van der Waals surface area contributed by atoms with Gasteiger partial charge in [0.1, 0.15) is 12.6 Å². The average Bonchev–Trinajstić information content (AvgIpc) is 3.01. The van der Waals surface area contributed by atoms with Crippen LogP contribution < -0.4 is 9.62 Å². The van der Waals surface area contributed by atoms with Gasteiger partial charge < -0.3 is 10.2 Å². The number of rotatable bonds is 13. The number of hydrogen-bond acceptors (Lipinski definition) is 4. The van der Waals surface area contributed by atoms with Crippen molar-refractivity contribution in [3.63, 3.8) is 0 Å². The highest BCUT2D eigenvalue weighted by molar-refractivity contribution is 7.92. The van der Waals surface area contributed by atoms with E-state index in [9.17, 15) is 18.0 Å². The topological polar surface area (TPSA) is 86.8 Å². The zero-order chi connectivity index (χ0) is 33.4. The number of halogens is 3. The number of nitrogens with one attached hydrogen (secondary N) is 1. The van der Waals surface area contributed by atoms with Crippen molar-refractivity contribution >= 4 is 62.3 Å². The van der Waals surface area contributed by atoms with Crippen molar-refractivity contribution in [2.24, 2.45) is 5.92 Å². The molecule has 4 aromatic carbocycles. The van der Waals surface area contributed by atoms with Gasteiger partial charge in [0, 0.05) is 34.6 Å². The molecule has 1 unspecified atom stereocenters.